The Morgan fingerprint density at radius 3 is 2.62 bits per heavy atom. The number of rotatable bonds is 7. The Morgan fingerprint density at radius 1 is 1.24 bits per heavy atom. The van der Waals surface area contributed by atoms with Gasteiger partial charge in [-0.05, 0) is 43.5 Å². The maximum absolute atomic E-state index is 12.9. The van der Waals surface area contributed by atoms with Gasteiger partial charge in [-0.2, -0.15) is 0 Å². The molecule has 4 heteroatoms. The molecule has 0 spiro atoms. The van der Waals surface area contributed by atoms with Gasteiger partial charge in [-0.1, -0.05) is 20.3 Å². The van der Waals surface area contributed by atoms with Crippen molar-refractivity contribution < 1.29 is 4.39 Å². The van der Waals surface area contributed by atoms with Crippen molar-refractivity contribution in [3.8, 4) is 10.6 Å². The van der Waals surface area contributed by atoms with Crippen LogP contribution in [0.15, 0.2) is 29.6 Å². The van der Waals surface area contributed by atoms with E-state index >= 15 is 0 Å². The van der Waals surface area contributed by atoms with E-state index in [1.165, 1.54) is 25.0 Å². The van der Waals surface area contributed by atoms with Crippen molar-refractivity contribution in [2.45, 2.75) is 46.2 Å². The van der Waals surface area contributed by atoms with Gasteiger partial charge in [-0.25, -0.2) is 9.37 Å². The Hall–Kier alpha value is -1.26. The van der Waals surface area contributed by atoms with E-state index < -0.39 is 0 Å². The number of halogens is 1. The molecule has 0 saturated heterocycles. The molecule has 2 unspecified atom stereocenters. The molecule has 2 atom stereocenters. The average molecular weight is 306 g/mol. The third-order valence-corrected chi connectivity index (χ3v) is 4.67. The molecule has 0 bridgehead atoms. The van der Waals surface area contributed by atoms with E-state index in [2.05, 4.69) is 36.5 Å². The van der Waals surface area contributed by atoms with E-state index in [0.717, 1.165) is 28.7 Å². The summed E-state index contributed by atoms with van der Waals surface area (Å²) in [4.78, 5) is 4.62. The maximum Gasteiger partial charge on any atom is 0.123 e. The Labute approximate surface area is 130 Å². The van der Waals surface area contributed by atoms with Crippen LogP contribution in [0.25, 0.3) is 10.6 Å². The lowest BCUT2D eigenvalue weighted by Crippen LogP contribution is -2.27. The molecular formula is C17H23FN2S. The average Bonchev–Trinajstić information content (AvgIpc) is 2.94. The molecule has 2 rings (SSSR count). The van der Waals surface area contributed by atoms with Gasteiger partial charge in [0.05, 0.1) is 5.69 Å². The number of hydrogen-bond acceptors (Lipinski definition) is 3. The highest BCUT2D eigenvalue weighted by atomic mass is 32.1. The summed E-state index contributed by atoms with van der Waals surface area (Å²) in [5.74, 6) is 0.536. The molecule has 21 heavy (non-hydrogen) atoms. The molecule has 2 aromatic rings. The molecule has 2 nitrogen and oxygen atoms in total. The van der Waals surface area contributed by atoms with Crippen molar-refractivity contribution in [1.82, 2.24) is 10.3 Å². The highest BCUT2D eigenvalue weighted by Crippen LogP contribution is 2.24. The van der Waals surface area contributed by atoms with E-state index in [1.54, 1.807) is 23.5 Å². The lowest BCUT2D eigenvalue weighted by Gasteiger charge is -2.16. The lowest BCUT2D eigenvalue weighted by atomic mass is 10.0. The Bertz CT molecular complexity index is 550. The van der Waals surface area contributed by atoms with Crippen LogP contribution in [0.1, 0.15) is 39.3 Å². The first-order chi connectivity index (χ1) is 10.1. The minimum absolute atomic E-state index is 0.212. The summed E-state index contributed by atoms with van der Waals surface area (Å²) in [6.45, 7) is 7.52. The number of benzene rings is 1. The normalized spacial score (nSPS) is 14.1. The van der Waals surface area contributed by atoms with Crippen LogP contribution in [0, 0.1) is 11.7 Å². The Morgan fingerprint density at radius 2 is 1.95 bits per heavy atom. The summed E-state index contributed by atoms with van der Waals surface area (Å²) < 4.78 is 12.9. The zero-order chi connectivity index (χ0) is 15.2. The molecule has 0 saturated carbocycles. The fourth-order valence-electron chi connectivity index (χ4n) is 2.25. The first kappa shape index (κ1) is 16.1. The van der Waals surface area contributed by atoms with Gasteiger partial charge in [-0.15, -0.1) is 11.3 Å². The quantitative estimate of drug-likeness (QED) is 0.790. The molecule has 0 amide bonds. The van der Waals surface area contributed by atoms with Crippen molar-refractivity contribution in [1.29, 1.82) is 0 Å². The smallest absolute Gasteiger partial charge is 0.123 e. The highest BCUT2D eigenvalue weighted by Gasteiger charge is 2.09. The van der Waals surface area contributed by atoms with Crippen LogP contribution in [-0.2, 0) is 6.54 Å². The standard InChI is InChI=1S/C17H23FN2S/c1-4-12(2)9-13(3)19-10-16-11-21-17(20-16)14-5-7-15(18)8-6-14/h5-8,11-13,19H,4,9-10H2,1-3H3. The fraction of sp³-hybridized carbons (Fsp3) is 0.471. The molecule has 1 N–H and O–H groups in total. The second-order valence-corrected chi connectivity index (χ2v) is 6.54. The van der Waals surface area contributed by atoms with Gasteiger partial charge in [-0.3, -0.25) is 0 Å². The topological polar surface area (TPSA) is 24.9 Å². The van der Waals surface area contributed by atoms with Crippen LogP contribution in [0.5, 0.6) is 0 Å². The summed E-state index contributed by atoms with van der Waals surface area (Å²) in [6.07, 6.45) is 2.41. The molecule has 114 valence electrons. The van der Waals surface area contributed by atoms with Crippen molar-refractivity contribution in [3.05, 3.63) is 41.2 Å². The van der Waals surface area contributed by atoms with Gasteiger partial charge in [0, 0.05) is 23.5 Å². The van der Waals surface area contributed by atoms with Gasteiger partial charge in [0.25, 0.3) is 0 Å². The van der Waals surface area contributed by atoms with Crippen molar-refractivity contribution in [2.24, 2.45) is 5.92 Å². The van der Waals surface area contributed by atoms with Gasteiger partial charge < -0.3 is 5.32 Å². The molecule has 0 radical (unpaired) electrons. The monoisotopic (exact) mass is 306 g/mol. The van der Waals surface area contributed by atoms with Crippen molar-refractivity contribution in [3.63, 3.8) is 0 Å². The SMILES string of the molecule is CCC(C)CC(C)NCc1csc(-c2ccc(F)cc2)n1. The Kier molecular flexibility index (Phi) is 5.88. The van der Waals surface area contributed by atoms with Crippen LogP contribution < -0.4 is 5.32 Å². The van der Waals surface area contributed by atoms with E-state index in [9.17, 15) is 4.39 Å². The first-order valence-electron chi connectivity index (χ1n) is 7.52. The van der Waals surface area contributed by atoms with Gasteiger partial charge in [0.15, 0.2) is 0 Å². The first-order valence-corrected chi connectivity index (χ1v) is 8.40. The fourth-order valence-corrected chi connectivity index (χ4v) is 3.07. The van der Waals surface area contributed by atoms with Crippen molar-refractivity contribution >= 4 is 11.3 Å². The third kappa shape index (κ3) is 4.90. The molecule has 0 aliphatic rings. The van der Waals surface area contributed by atoms with Gasteiger partial charge in [0.2, 0.25) is 0 Å². The molecule has 0 fully saturated rings. The largest absolute Gasteiger partial charge is 0.309 e. The maximum atomic E-state index is 12.9. The van der Waals surface area contributed by atoms with E-state index in [-0.39, 0.29) is 5.82 Å². The lowest BCUT2D eigenvalue weighted by molar-refractivity contribution is 0.411. The van der Waals surface area contributed by atoms with E-state index in [0.29, 0.717) is 6.04 Å². The molecule has 0 aliphatic carbocycles. The van der Waals surface area contributed by atoms with Crippen LogP contribution in [0.2, 0.25) is 0 Å². The highest BCUT2D eigenvalue weighted by molar-refractivity contribution is 7.13. The van der Waals surface area contributed by atoms with E-state index in [4.69, 9.17) is 0 Å². The summed E-state index contributed by atoms with van der Waals surface area (Å²) in [5, 5.41) is 6.54. The summed E-state index contributed by atoms with van der Waals surface area (Å²) in [5.41, 5.74) is 2.02. The van der Waals surface area contributed by atoms with Crippen LogP contribution in [0.4, 0.5) is 4.39 Å². The number of hydrogen-bond donors (Lipinski definition) is 1. The predicted octanol–water partition coefficient (Wildman–Crippen LogP) is 4.86. The third-order valence-electron chi connectivity index (χ3n) is 3.73. The number of nitrogens with one attached hydrogen (secondary N) is 1. The van der Waals surface area contributed by atoms with Crippen LogP contribution in [0.3, 0.4) is 0 Å². The summed E-state index contributed by atoms with van der Waals surface area (Å²) >= 11 is 1.61. The van der Waals surface area contributed by atoms with Gasteiger partial charge >= 0.3 is 0 Å². The van der Waals surface area contributed by atoms with Gasteiger partial charge in [0.1, 0.15) is 10.8 Å². The van der Waals surface area contributed by atoms with Crippen molar-refractivity contribution in [2.75, 3.05) is 0 Å². The number of thiazole rings is 1. The summed E-state index contributed by atoms with van der Waals surface area (Å²) in [6, 6.07) is 7.00. The molecule has 0 aliphatic heterocycles. The Balaban J connectivity index is 1.90. The minimum Gasteiger partial charge on any atom is -0.309 e. The van der Waals surface area contributed by atoms with Crippen LogP contribution in [-0.4, -0.2) is 11.0 Å². The second-order valence-electron chi connectivity index (χ2n) is 5.68. The molecule has 1 heterocycles. The van der Waals surface area contributed by atoms with E-state index in [1.807, 2.05) is 0 Å². The second kappa shape index (κ2) is 7.66. The zero-order valence-corrected chi connectivity index (χ0v) is 13.7. The van der Waals surface area contributed by atoms with Crippen LogP contribution >= 0.6 is 11.3 Å². The number of nitrogens with zero attached hydrogens (tertiary/aromatic N) is 1. The number of aromatic nitrogens is 1. The molecule has 1 aromatic heterocycles. The minimum atomic E-state index is -0.212. The molecular weight excluding hydrogens is 283 g/mol. The predicted molar refractivity (Wildman–Crippen MR) is 87.9 cm³/mol. The summed E-state index contributed by atoms with van der Waals surface area (Å²) in [7, 11) is 0. The zero-order valence-electron chi connectivity index (χ0n) is 12.9. The molecule has 1 aromatic carbocycles.